The highest BCUT2D eigenvalue weighted by Crippen LogP contribution is 2.45. The number of aromatic nitrogens is 2. The van der Waals surface area contributed by atoms with Crippen LogP contribution in [0.3, 0.4) is 0 Å². The number of nitriles is 10. The lowest BCUT2D eigenvalue weighted by atomic mass is 9.92. The number of rotatable bonds is 5. The molecule has 0 saturated heterocycles. The number of hydrogen-bond donors (Lipinski definition) is 0. The van der Waals surface area contributed by atoms with Gasteiger partial charge in [0, 0.05) is 51.1 Å². The van der Waals surface area contributed by atoms with Gasteiger partial charge < -0.3 is 9.13 Å². The van der Waals surface area contributed by atoms with Crippen LogP contribution in [0.25, 0.3) is 99.5 Å². The van der Waals surface area contributed by atoms with Crippen molar-refractivity contribution in [2.75, 3.05) is 0 Å². The first-order valence-electron chi connectivity index (χ1n) is 26.2. The average molecular weight is 1110 g/mol. The molecule has 0 amide bonds. The Kier molecular flexibility index (Phi) is 13.0. The van der Waals surface area contributed by atoms with Crippen LogP contribution in [0.1, 0.15) is 51.8 Å². The molecule has 0 aliphatic heterocycles. The third-order valence-electron chi connectivity index (χ3n) is 15.4. The van der Waals surface area contributed by atoms with Gasteiger partial charge in [-0.25, -0.2) is 0 Å². The van der Waals surface area contributed by atoms with Gasteiger partial charge in [0.15, 0.2) is 0 Å². The topological polar surface area (TPSA) is 248 Å². The quantitative estimate of drug-likeness (QED) is 0.158. The van der Waals surface area contributed by atoms with E-state index in [1.165, 1.54) is 42.5 Å². The maximum absolute atomic E-state index is 15.6. The average Bonchev–Trinajstić information content (AvgIpc) is 1.72. The summed E-state index contributed by atoms with van der Waals surface area (Å²) >= 11 is 0. The smallest absolute Gasteiger partial charge is 0.307 e. The molecule has 12 rings (SSSR count). The van der Waals surface area contributed by atoms with E-state index in [9.17, 15) is 52.6 Å². The van der Waals surface area contributed by atoms with Crippen LogP contribution < -0.4 is 10.4 Å². The van der Waals surface area contributed by atoms with Crippen molar-refractivity contribution >= 4 is 54.8 Å². The van der Waals surface area contributed by atoms with Crippen LogP contribution in [0, 0.1) is 113 Å². The lowest BCUT2D eigenvalue weighted by Gasteiger charge is -2.21. The first-order chi connectivity index (χ1) is 41.7. The van der Waals surface area contributed by atoms with Gasteiger partial charge in [-0.2, -0.15) is 65.8 Å². The first-order valence-corrected chi connectivity index (χ1v) is 26.2. The highest BCUT2D eigenvalue weighted by Gasteiger charge is 2.35. The van der Waals surface area contributed by atoms with Crippen LogP contribution in [0.4, 0.5) is 13.2 Å². The van der Waals surface area contributed by atoms with Crippen molar-refractivity contribution in [1.82, 2.24) is 9.13 Å². The van der Waals surface area contributed by atoms with E-state index < -0.39 is 17.3 Å². The van der Waals surface area contributed by atoms with Crippen LogP contribution in [0.15, 0.2) is 186 Å². The summed E-state index contributed by atoms with van der Waals surface area (Å²) in [7, 11) is 0. The van der Waals surface area contributed by atoms with Crippen molar-refractivity contribution in [3.8, 4) is 105 Å². The SMILES string of the molecule is N#CC1=CC(=c2ccc3c4ccc(=C5C=C(C#N)C=C(C#N)C5)cc4n(-c4cc(C#N)c(-c5ccc(C#N)cc5C(F)(F)F)cc4-n4c5cc(-c6cc(C#N)cc(C#N)c6)ccc5c5ccc(-c6cc(C#N)cc(C#N)c6)cc54)c3c2)CC(C#N)=C1. The Bertz CT molecular complexity index is 5200. The normalized spacial score (nSPS) is 14.1. The molecule has 0 N–H and O–H groups in total. The van der Waals surface area contributed by atoms with E-state index in [-0.39, 0.29) is 74.3 Å². The fourth-order valence-electron chi connectivity index (χ4n) is 11.6. The molecule has 0 radical (unpaired) electrons. The molecule has 2 aliphatic rings. The van der Waals surface area contributed by atoms with Crippen molar-refractivity contribution in [1.29, 1.82) is 52.6 Å². The molecule has 0 spiro atoms. The van der Waals surface area contributed by atoms with Gasteiger partial charge >= 0.3 is 6.18 Å². The van der Waals surface area contributed by atoms with Crippen LogP contribution >= 0.6 is 0 Å². The molecule has 2 aliphatic carbocycles. The van der Waals surface area contributed by atoms with E-state index in [0.717, 1.165) is 12.1 Å². The lowest BCUT2D eigenvalue weighted by Crippen LogP contribution is -2.11. The van der Waals surface area contributed by atoms with Crippen molar-refractivity contribution < 1.29 is 13.2 Å². The minimum absolute atomic E-state index is 0.154. The summed E-state index contributed by atoms with van der Waals surface area (Å²) < 4.78 is 50.4. The number of nitrogens with zero attached hydrogens (tertiary/aromatic N) is 12. The van der Waals surface area contributed by atoms with Gasteiger partial charge in [-0.05, 0) is 159 Å². The maximum Gasteiger partial charge on any atom is 0.417 e. The summed E-state index contributed by atoms with van der Waals surface area (Å²) in [5.74, 6) is 0. The molecule has 10 aromatic rings. The minimum Gasteiger partial charge on any atom is -0.307 e. The Hall–Kier alpha value is -13.3. The molecule has 12 nitrogen and oxygen atoms in total. The minimum atomic E-state index is -5.03. The molecular weight excluding hydrogens is 1080 g/mol. The van der Waals surface area contributed by atoms with E-state index >= 15 is 13.2 Å². The number of hydrogen-bond acceptors (Lipinski definition) is 10. The van der Waals surface area contributed by atoms with Gasteiger partial charge in [-0.1, -0.05) is 54.6 Å². The van der Waals surface area contributed by atoms with Gasteiger partial charge in [0.1, 0.15) is 0 Å². The molecule has 396 valence electrons. The molecule has 0 atom stereocenters. The summed E-state index contributed by atoms with van der Waals surface area (Å²) in [6.45, 7) is 0. The highest BCUT2D eigenvalue weighted by atomic mass is 19.4. The number of alkyl halides is 3. The Morgan fingerprint density at radius 3 is 1.15 bits per heavy atom. The molecule has 8 aromatic carbocycles. The Morgan fingerprint density at radius 2 is 0.756 bits per heavy atom. The molecule has 2 aromatic heterocycles. The van der Waals surface area contributed by atoms with Crippen LogP contribution in [-0.2, 0) is 6.18 Å². The van der Waals surface area contributed by atoms with E-state index in [0.29, 0.717) is 98.6 Å². The largest absolute Gasteiger partial charge is 0.417 e. The third kappa shape index (κ3) is 9.17. The van der Waals surface area contributed by atoms with Crippen molar-refractivity contribution in [3.63, 3.8) is 0 Å². The predicted molar refractivity (Wildman–Crippen MR) is 315 cm³/mol. The lowest BCUT2D eigenvalue weighted by molar-refractivity contribution is -0.137. The van der Waals surface area contributed by atoms with Gasteiger partial charge in [0.05, 0.1) is 144 Å². The zero-order chi connectivity index (χ0) is 60.1. The van der Waals surface area contributed by atoms with Crippen LogP contribution in [0.5, 0.6) is 0 Å². The Morgan fingerprint density at radius 1 is 0.337 bits per heavy atom. The van der Waals surface area contributed by atoms with E-state index in [1.807, 2.05) is 81.9 Å². The monoisotopic (exact) mass is 1110 g/mol. The second kappa shape index (κ2) is 21.0. The van der Waals surface area contributed by atoms with Crippen molar-refractivity contribution in [2.45, 2.75) is 19.0 Å². The summed E-state index contributed by atoms with van der Waals surface area (Å²) in [5.41, 5.74) is 5.65. The molecule has 2 heterocycles. The molecule has 15 heteroatoms. The standard InChI is InChI=1S/C71H31F3N12/c72-71(73,74)64-23-40(30-75)1-6-58(64)63-29-70(86-67-26-51(55-19-45(35-80)13-46(20-55)36-81)4-9-61(67)62-10-5-52(27-68(62)86)56-21-47(37-82)14-48(22-56)38-83)69(28-57(63)39-84)85-65-24-49(53-15-41(31-76)11-42(16-53)32-77)2-7-59(65)60-8-3-50(25-66(60)85)54-17-43(33-78)12-44(18-54)34-79/h1-15,17,19-29H,16,18H2. The predicted octanol–water partition coefficient (Wildman–Crippen LogP) is 14.0. The van der Waals surface area contributed by atoms with Crippen LogP contribution in [-0.4, -0.2) is 9.13 Å². The summed E-state index contributed by atoms with van der Waals surface area (Å²) in [4.78, 5) is 0. The number of halogens is 3. The van der Waals surface area contributed by atoms with Crippen molar-refractivity contribution in [3.05, 3.63) is 236 Å². The van der Waals surface area contributed by atoms with Gasteiger partial charge in [-0.15, -0.1) is 0 Å². The van der Waals surface area contributed by atoms with Gasteiger partial charge in [-0.3, -0.25) is 0 Å². The number of allylic oxidation sites excluding steroid dienone is 8. The van der Waals surface area contributed by atoms with E-state index in [4.69, 9.17) is 0 Å². The fourth-order valence-corrected chi connectivity index (χ4v) is 11.6. The molecule has 0 saturated carbocycles. The Balaban J connectivity index is 1.31. The summed E-state index contributed by atoms with van der Waals surface area (Å²) in [6, 6.07) is 59.1. The maximum atomic E-state index is 15.6. The zero-order valence-corrected chi connectivity index (χ0v) is 44.5. The molecule has 86 heavy (non-hydrogen) atoms. The zero-order valence-electron chi connectivity index (χ0n) is 44.5. The summed E-state index contributed by atoms with van der Waals surface area (Å²) in [5, 5.41) is 106. The fraction of sp³-hybridized carbons (Fsp3) is 0.0423. The van der Waals surface area contributed by atoms with E-state index in [1.54, 1.807) is 42.5 Å². The molecule has 0 bridgehead atoms. The third-order valence-corrected chi connectivity index (χ3v) is 15.4. The number of benzene rings is 8. The second-order valence-electron chi connectivity index (χ2n) is 20.4. The molecule has 0 unspecified atom stereocenters. The van der Waals surface area contributed by atoms with Crippen LogP contribution in [0.2, 0.25) is 0 Å². The molecular formula is C71H31F3N12. The van der Waals surface area contributed by atoms with E-state index in [2.05, 4.69) is 54.6 Å². The first kappa shape index (κ1) is 53.4. The number of fused-ring (bicyclic) bond motifs is 6. The van der Waals surface area contributed by atoms with Gasteiger partial charge in [0.25, 0.3) is 0 Å². The van der Waals surface area contributed by atoms with Gasteiger partial charge in [0.2, 0.25) is 0 Å². The highest BCUT2D eigenvalue weighted by molar-refractivity contribution is 6.13. The molecule has 0 fully saturated rings. The Labute approximate surface area is 487 Å². The van der Waals surface area contributed by atoms with Crippen molar-refractivity contribution in [2.24, 2.45) is 0 Å². The summed E-state index contributed by atoms with van der Waals surface area (Å²) in [6.07, 6.45) is 1.75. The second-order valence-corrected chi connectivity index (χ2v) is 20.4.